The van der Waals surface area contributed by atoms with Crippen LogP contribution in [0, 0.1) is 6.92 Å². The van der Waals surface area contributed by atoms with Gasteiger partial charge in [-0.25, -0.2) is 19.3 Å². The lowest BCUT2D eigenvalue weighted by atomic mass is 9.87. The third-order valence-electron chi connectivity index (χ3n) is 11.1. The van der Waals surface area contributed by atoms with E-state index < -0.39 is 127 Å². The molecule has 0 unspecified atom stereocenters. The molecule has 4 heterocycles. The average Bonchev–Trinajstić information content (AvgIpc) is 3.63. The second-order valence-corrected chi connectivity index (χ2v) is 17.0. The lowest BCUT2D eigenvalue weighted by molar-refractivity contribution is -0.374. The number of amides is 2. The van der Waals surface area contributed by atoms with Crippen molar-refractivity contribution in [2.75, 3.05) is 20.3 Å². The number of rotatable bonds is 14. The standard InChI is InChI=1S/C46H49NO18S/c1-24-17-19-31(20-18-24)66-43-40(62-41(52)29-13-9-7-10-14-29)39(37-34(60-43)23-57-42(63-37)30-15-11-8-12-16-30)65-46(44(53)55-6)21-32-35(47(25(2)48)45(54)61-32)38(64-46)36(59-28(5)51)33(58-27(4)50)22-56-26(3)49/h7-20,32-40,42-43H,21-23H2,1-6H3/t32-,33+,34+,35+,36+,37-,38+,39-,40+,42+,43-,46-/m0/s1. The molecule has 0 spiro atoms. The number of thioether (sulfide) groups is 1. The summed E-state index contributed by atoms with van der Waals surface area (Å²) >= 11 is 1.19. The largest absolute Gasteiger partial charge is 0.465 e. The van der Waals surface area contributed by atoms with Crippen LogP contribution < -0.4 is 0 Å². The van der Waals surface area contributed by atoms with Crippen molar-refractivity contribution in [1.29, 1.82) is 0 Å². The molecule has 4 aliphatic rings. The van der Waals surface area contributed by atoms with Crippen LogP contribution >= 0.6 is 11.8 Å². The summed E-state index contributed by atoms with van der Waals surface area (Å²) in [6.07, 6.45) is -14.7. The van der Waals surface area contributed by atoms with Gasteiger partial charge in [0.25, 0.3) is 5.79 Å². The van der Waals surface area contributed by atoms with Gasteiger partial charge in [0, 0.05) is 38.2 Å². The first-order valence-corrected chi connectivity index (χ1v) is 21.8. The summed E-state index contributed by atoms with van der Waals surface area (Å²) in [5.74, 6) is -8.20. The number of esters is 5. The van der Waals surface area contributed by atoms with Crippen molar-refractivity contribution < 1.29 is 85.7 Å². The van der Waals surface area contributed by atoms with Gasteiger partial charge in [-0.05, 0) is 31.2 Å². The van der Waals surface area contributed by atoms with Crippen LogP contribution in [-0.2, 0) is 76.1 Å². The van der Waals surface area contributed by atoms with E-state index in [1.807, 2.05) is 37.3 Å². The Morgan fingerprint density at radius 1 is 0.818 bits per heavy atom. The van der Waals surface area contributed by atoms with Crippen molar-refractivity contribution in [2.45, 2.75) is 118 Å². The first-order chi connectivity index (χ1) is 31.6. The van der Waals surface area contributed by atoms with Crippen molar-refractivity contribution >= 4 is 53.6 Å². The van der Waals surface area contributed by atoms with Gasteiger partial charge in [-0.15, -0.1) is 0 Å². The highest BCUT2D eigenvalue weighted by molar-refractivity contribution is 7.99. The van der Waals surface area contributed by atoms with Gasteiger partial charge in [-0.2, -0.15) is 0 Å². The molecule has 4 fully saturated rings. The molecule has 0 saturated carbocycles. The molecule has 12 atom stereocenters. The number of carbonyl (C=O) groups excluding carboxylic acids is 7. The molecule has 0 N–H and O–H groups in total. The maximum Gasteiger partial charge on any atom is 0.417 e. The quantitative estimate of drug-likeness (QED) is 0.162. The number of nitrogens with zero attached hydrogens (tertiary/aromatic N) is 1. The van der Waals surface area contributed by atoms with Gasteiger partial charge < -0.3 is 52.1 Å². The molecule has 66 heavy (non-hydrogen) atoms. The van der Waals surface area contributed by atoms with Crippen LogP contribution in [-0.4, -0.2) is 133 Å². The number of methoxy groups -OCH3 is 1. The van der Waals surface area contributed by atoms with Crippen LogP contribution in [0.5, 0.6) is 0 Å². The van der Waals surface area contributed by atoms with E-state index in [0.717, 1.165) is 40.4 Å². The molecule has 3 aromatic rings. The van der Waals surface area contributed by atoms with Crippen LogP contribution in [0.2, 0.25) is 0 Å². The Hall–Kier alpha value is -5.90. The average molecular weight is 936 g/mol. The summed E-state index contributed by atoms with van der Waals surface area (Å²) in [5, 5.41) is 0. The molecule has 3 aromatic carbocycles. The summed E-state index contributed by atoms with van der Waals surface area (Å²) in [6.45, 7) is 5.37. The summed E-state index contributed by atoms with van der Waals surface area (Å²) < 4.78 is 67.1. The van der Waals surface area contributed by atoms with Crippen LogP contribution in [0.15, 0.2) is 89.8 Å². The topological polar surface area (TPSA) is 224 Å². The Bertz CT molecular complexity index is 2260. The first-order valence-electron chi connectivity index (χ1n) is 21.0. The third-order valence-corrected chi connectivity index (χ3v) is 12.2. The first kappa shape index (κ1) is 48.0. The fraction of sp³-hybridized carbons (Fsp3) is 0.457. The predicted molar refractivity (Wildman–Crippen MR) is 225 cm³/mol. The second kappa shape index (κ2) is 20.7. The molecule has 20 heteroatoms. The lowest BCUT2D eigenvalue weighted by Gasteiger charge is -2.52. The Labute approximate surface area is 383 Å². The molecule has 4 saturated heterocycles. The van der Waals surface area contributed by atoms with Gasteiger partial charge in [0.2, 0.25) is 5.91 Å². The van der Waals surface area contributed by atoms with Gasteiger partial charge in [0.1, 0.15) is 48.6 Å². The molecule has 4 aliphatic heterocycles. The number of hydrogen-bond acceptors (Lipinski definition) is 19. The molecule has 352 valence electrons. The van der Waals surface area contributed by atoms with Crippen molar-refractivity contribution in [3.63, 3.8) is 0 Å². The van der Waals surface area contributed by atoms with E-state index in [1.54, 1.807) is 54.6 Å². The molecular weight excluding hydrogens is 887 g/mol. The molecular formula is C46H49NO18S. The van der Waals surface area contributed by atoms with Gasteiger partial charge in [-0.3, -0.25) is 19.2 Å². The Morgan fingerprint density at radius 2 is 1.48 bits per heavy atom. The second-order valence-electron chi connectivity index (χ2n) is 15.8. The number of ether oxygens (including phenoxy) is 11. The van der Waals surface area contributed by atoms with Gasteiger partial charge in [0.05, 0.1) is 25.7 Å². The highest BCUT2D eigenvalue weighted by atomic mass is 32.2. The summed E-state index contributed by atoms with van der Waals surface area (Å²) in [5.41, 5.74) is 0.673. The summed E-state index contributed by atoms with van der Waals surface area (Å²) in [4.78, 5) is 94.6. The van der Waals surface area contributed by atoms with Crippen LogP contribution in [0.3, 0.4) is 0 Å². The normalized spacial score (nSPS) is 28.8. The maximum absolute atomic E-state index is 14.6. The van der Waals surface area contributed by atoms with E-state index in [1.165, 1.54) is 11.8 Å². The zero-order valence-electron chi connectivity index (χ0n) is 36.8. The van der Waals surface area contributed by atoms with Crippen molar-refractivity contribution in [1.82, 2.24) is 4.90 Å². The number of imide groups is 1. The van der Waals surface area contributed by atoms with Crippen LogP contribution in [0.4, 0.5) is 4.79 Å². The molecule has 0 radical (unpaired) electrons. The molecule has 0 bridgehead atoms. The lowest BCUT2D eigenvalue weighted by Crippen LogP contribution is -2.70. The molecule has 19 nitrogen and oxygen atoms in total. The van der Waals surface area contributed by atoms with Crippen LogP contribution in [0.1, 0.15) is 61.9 Å². The summed E-state index contributed by atoms with van der Waals surface area (Å²) in [6, 6.07) is 23.1. The minimum Gasteiger partial charge on any atom is -0.465 e. The van der Waals surface area contributed by atoms with Gasteiger partial charge in [0.15, 0.2) is 24.6 Å². The molecule has 0 aliphatic carbocycles. The fourth-order valence-corrected chi connectivity index (χ4v) is 9.35. The van der Waals surface area contributed by atoms with E-state index in [2.05, 4.69) is 0 Å². The van der Waals surface area contributed by atoms with E-state index in [0.29, 0.717) is 15.4 Å². The zero-order valence-corrected chi connectivity index (χ0v) is 37.6. The Morgan fingerprint density at radius 3 is 2.11 bits per heavy atom. The number of hydrogen-bond donors (Lipinski definition) is 0. The smallest absolute Gasteiger partial charge is 0.417 e. The SMILES string of the molecule is COC(=O)[C@@]1(O[C@H]2[C@H]3O[C@H](c4ccccc4)OC[C@H]3O[C@@H](Sc3ccc(C)cc3)[C@@H]2OC(=O)c2ccccc2)C[C@@H]2OC(=O)N(C(C)=O)[C@H]2[C@H]([C@H](OC(C)=O)[C@@H](COC(C)=O)OC(C)=O)O1. The van der Waals surface area contributed by atoms with Crippen molar-refractivity contribution in [3.05, 3.63) is 102 Å². The maximum atomic E-state index is 14.6. The Kier molecular flexibility index (Phi) is 15.1. The minimum atomic E-state index is -2.69. The fourth-order valence-electron chi connectivity index (χ4n) is 8.25. The van der Waals surface area contributed by atoms with Gasteiger partial charge >= 0.3 is 35.9 Å². The summed E-state index contributed by atoms with van der Waals surface area (Å²) in [7, 11) is 1.04. The van der Waals surface area contributed by atoms with E-state index in [9.17, 15) is 33.6 Å². The Balaban J connectivity index is 1.39. The number of aryl methyl sites for hydroxylation is 1. The van der Waals surface area contributed by atoms with Crippen molar-refractivity contribution in [3.8, 4) is 0 Å². The number of benzene rings is 3. The molecule has 7 rings (SSSR count). The minimum absolute atomic E-state index is 0.0757. The third kappa shape index (κ3) is 10.7. The molecule has 0 aromatic heterocycles. The van der Waals surface area contributed by atoms with Crippen LogP contribution in [0.25, 0.3) is 0 Å². The monoisotopic (exact) mass is 935 g/mol. The van der Waals surface area contributed by atoms with E-state index in [4.69, 9.17) is 52.1 Å². The van der Waals surface area contributed by atoms with E-state index >= 15 is 0 Å². The van der Waals surface area contributed by atoms with Crippen molar-refractivity contribution in [2.24, 2.45) is 0 Å². The number of carbonyl (C=O) groups is 7. The predicted octanol–water partition coefficient (Wildman–Crippen LogP) is 4.36. The molecule has 2 amide bonds. The van der Waals surface area contributed by atoms with E-state index in [-0.39, 0.29) is 12.2 Å². The van der Waals surface area contributed by atoms with Gasteiger partial charge in [-0.1, -0.05) is 78.0 Å². The highest BCUT2D eigenvalue weighted by Crippen LogP contribution is 2.47. The number of fused-ring (bicyclic) bond motifs is 2. The zero-order chi connectivity index (χ0) is 47.3. The highest BCUT2D eigenvalue weighted by Gasteiger charge is 2.66.